The quantitative estimate of drug-likeness (QED) is 0.769. The van der Waals surface area contributed by atoms with E-state index in [-0.39, 0.29) is 36.8 Å². The fraction of sp³-hybridized carbons (Fsp3) is 0.300. The van der Waals surface area contributed by atoms with Crippen LogP contribution in [0.2, 0.25) is 0 Å². The van der Waals surface area contributed by atoms with Gasteiger partial charge in [0.05, 0.1) is 5.69 Å². The number of piperazine rings is 1. The molecule has 1 aliphatic heterocycles. The van der Waals surface area contributed by atoms with Gasteiger partial charge in [-0.1, -0.05) is 18.2 Å². The van der Waals surface area contributed by atoms with Gasteiger partial charge in [-0.25, -0.2) is 0 Å². The smallest absolute Gasteiger partial charge is 0.246 e. The Morgan fingerprint density at radius 3 is 2.70 bits per heavy atom. The molecule has 1 N–H and O–H groups in total. The molecule has 1 amide bonds. The lowest BCUT2D eigenvalue weighted by molar-refractivity contribution is -0.128. The largest absolute Gasteiger partial charge is 0.487 e. The number of hydrogen-bond donors (Lipinski definition) is 1. The van der Waals surface area contributed by atoms with Crippen molar-refractivity contribution in [3.63, 3.8) is 0 Å². The summed E-state index contributed by atoms with van der Waals surface area (Å²) in [7, 11) is 0. The first-order valence-corrected chi connectivity index (χ1v) is 8.54. The van der Waals surface area contributed by atoms with Crippen LogP contribution in [0.3, 0.4) is 0 Å². The number of nitrogens with one attached hydrogen (secondary N) is 1. The van der Waals surface area contributed by atoms with Crippen LogP contribution in [-0.4, -0.2) is 41.5 Å². The highest BCUT2D eigenvalue weighted by atomic mass is 35.5. The van der Waals surface area contributed by atoms with Gasteiger partial charge in [-0.15, -0.1) is 24.8 Å². The third-order valence-electron chi connectivity index (χ3n) is 4.20. The molecule has 0 radical (unpaired) electrons. The normalized spacial score (nSPS) is 16.3. The monoisotopic (exact) mass is 409 g/mol. The van der Waals surface area contributed by atoms with Crippen molar-refractivity contribution in [2.24, 2.45) is 0 Å². The third-order valence-corrected chi connectivity index (χ3v) is 4.20. The van der Waals surface area contributed by atoms with Gasteiger partial charge < -0.3 is 15.0 Å². The van der Waals surface area contributed by atoms with E-state index in [2.05, 4.69) is 17.2 Å². The van der Waals surface area contributed by atoms with Crippen molar-refractivity contribution in [3.05, 3.63) is 66.0 Å². The first-order chi connectivity index (χ1) is 12.2. The molecule has 1 aromatic carbocycles. The molecule has 1 saturated heterocycles. The third kappa shape index (κ3) is 6.86. The van der Waals surface area contributed by atoms with Crippen LogP contribution in [0.4, 0.5) is 0 Å². The Labute approximate surface area is 172 Å². The lowest BCUT2D eigenvalue weighted by atomic mass is 10.2. The summed E-state index contributed by atoms with van der Waals surface area (Å²) in [6, 6.07) is 13.7. The van der Waals surface area contributed by atoms with E-state index in [1.54, 1.807) is 12.3 Å². The Bertz CT molecular complexity index is 724. The first kappa shape index (κ1) is 23.0. The number of pyridine rings is 1. The molecule has 2 heterocycles. The van der Waals surface area contributed by atoms with Crippen molar-refractivity contribution in [1.82, 2.24) is 15.2 Å². The van der Waals surface area contributed by atoms with E-state index >= 15 is 0 Å². The lowest BCUT2D eigenvalue weighted by Crippen LogP contribution is -2.51. The van der Waals surface area contributed by atoms with Gasteiger partial charge in [0.1, 0.15) is 12.4 Å². The number of hydrogen-bond acceptors (Lipinski definition) is 4. The molecule has 2 aromatic rings. The van der Waals surface area contributed by atoms with E-state index in [0.29, 0.717) is 6.61 Å². The molecule has 7 heteroatoms. The fourth-order valence-electron chi connectivity index (χ4n) is 2.75. The van der Waals surface area contributed by atoms with Crippen LogP contribution in [0.5, 0.6) is 5.75 Å². The van der Waals surface area contributed by atoms with Crippen molar-refractivity contribution in [3.8, 4) is 5.75 Å². The molecule has 0 bridgehead atoms. The van der Waals surface area contributed by atoms with E-state index in [4.69, 9.17) is 4.74 Å². The highest BCUT2D eigenvalue weighted by Crippen LogP contribution is 2.15. The molecule has 0 aliphatic carbocycles. The Morgan fingerprint density at radius 2 is 2.04 bits per heavy atom. The molecular formula is C20H25Cl2N3O2. The zero-order valence-electron chi connectivity index (χ0n) is 15.2. The zero-order chi connectivity index (χ0) is 17.5. The molecule has 1 atom stereocenters. The lowest BCUT2D eigenvalue weighted by Gasteiger charge is -2.33. The predicted molar refractivity (Wildman–Crippen MR) is 113 cm³/mol. The van der Waals surface area contributed by atoms with Gasteiger partial charge in [0.15, 0.2) is 0 Å². The van der Waals surface area contributed by atoms with E-state index in [9.17, 15) is 4.79 Å². The molecule has 0 spiro atoms. The molecular weight excluding hydrogens is 385 g/mol. The van der Waals surface area contributed by atoms with Crippen molar-refractivity contribution >= 4 is 36.8 Å². The Hall–Kier alpha value is -2.08. The van der Waals surface area contributed by atoms with Crippen LogP contribution >= 0.6 is 24.8 Å². The minimum absolute atomic E-state index is 0. The van der Waals surface area contributed by atoms with Gasteiger partial charge in [-0.3, -0.25) is 9.78 Å². The number of amides is 1. The summed E-state index contributed by atoms with van der Waals surface area (Å²) in [6.07, 6.45) is 5.24. The molecule has 1 aliphatic rings. The van der Waals surface area contributed by atoms with Gasteiger partial charge in [0.25, 0.3) is 0 Å². The molecule has 1 aromatic heterocycles. The molecule has 5 nitrogen and oxygen atoms in total. The highest BCUT2D eigenvalue weighted by Gasteiger charge is 2.20. The van der Waals surface area contributed by atoms with E-state index in [0.717, 1.165) is 36.6 Å². The number of rotatable bonds is 5. The Morgan fingerprint density at radius 1 is 1.26 bits per heavy atom. The maximum atomic E-state index is 12.3. The van der Waals surface area contributed by atoms with Gasteiger partial charge in [-0.2, -0.15) is 0 Å². The average Bonchev–Trinajstić information content (AvgIpc) is 2.66. The maximum Gasteiger partial charge on any atom is 0.246 e. The number of nitrogens with zero attached hydrogens (tertiary/aromatic N) is 2. The summed E-state index contributed by atoms with van der Waals surface area (Å²) in [5.74, 6) is 0.842. The SMILES string of the molecule is CC1CNCCN1C(=O)/C=C/c1ccc(OCc2ccccn2)cc1.Cl.Cl. The molecule has 146 valence electrons. The fourth-order valence-corrected chi connectivity index (χ4v) is 2.75. The second kappa shape index (κ2) is 11.6. The summed E-state index contributed by atoms with van der Waals surface area (Å²) in [5.41, 5.74) is 1.86. The number of benzene rings is 1. The van der Waals surface area contributed by atoms with Gasteiger partial charge in [0.2, 0.25) is 5.91 Å². The summed E-state index contributed by atoms with van der Waals surface area (Å²) < 4.78 is 5.71. The summed E-state index contributed by atoms with van der Waals surface area (Å²) in [4.78, 5) is 18.4. The summed E-state index contributed by atoms with van der Waals surface area (Å²) >= 11 is 0. The second-order valence-electron chi connectivity index (χ2n) is 6.10. The van der Waals surface area contributed by atoms with Crippen molar-refractivity contribution in [2.45, 2.75) is 19.6 Å². The molecule has 0 saturated carbocycles. The Kier molecular flexibility index (Phi) is 9.86. The number of ether oxygens (including phenoxy) is 1. The van der Waals surface area contributed by atoms with Crippen LogP contribution < -0.4 is 10.1 Å². The number of halogens is 2. The maximum absolute atomic E-state index is 12.3. The van der Waals surface area contributed by atoms with Crippen LogP contribution in [0.15, 0.2) is 54.7 Å². The van der Waals surface area contributed by atoms with Gasteiger partial charge >= 0.3 is 0 Å². The molecule has 1 fully saturated rings. The van der Waals surface area contributed by atoms with Crippen molar-refractivity contribution in [1.29, 1.82) is 0 Å². The minimum atomic E-state index is 0. The van der Waals surface area contributed by atoms with E-state index in [1.165, 1.54) is 0 Å². The van der Waals surface area contributed by atoms with Gasteiger partial charge in [0, 0.05) is 37.9 Å². The average molecular weight is 410 g/mol. The van der Waals surface area contributed by atoms with Gasteiger partial charge in [-0.05, 0) is 42.8 Å². The van der Waals surface area contributed by atoms with Crippen LogP contribution in [0.1, 0.15) is 18.2 Å². The molecule has 3 rings (SSSR count). The van der Waals surface area contributed by atoms with Crippen LogP contribution in [0, 0.1) is 0 Å². The van der Waals surface area contributed by atoms with Crippen molar-refractivity contribution < 1.29 is 9.53 Å². The van der Waals surface area contributed by atoms with E-state index in [1.807, 2.05) is 53.4 Å². The van der Waals surface area contributed by atoms with Crippen LogP contribution in [0.25, 0.3) is 6.08 Å². The van der Waals surface area contributed by atoms with Crippen molar-refractivity contribution in [2.75, 3.05) is 19.6 Å². The highest BCUT2D eigenvalue weighted by molar-refractivity contribution is 5.92. The van der Waals surface area contributed by atoms with Crippen LogP contribution in [-0.2, 0) is 11.4 Å². The standard InChI is InChI=1S/C20H23N3O2.2ClH/c1-16-14-21-12-13-23(16)20(24)10-7-17-5-8-19(9-6-17)25-15-18-4-2-3-11-22-18;;/h2-11,16,21H,12-15H2,1H3;2*1H/b10-7+;;. The molecule has 27 heavy (non-hydrogen) atoms. The summed E-state index contributed by atoms with van der Waals surface area (Å²) in [6.45, 7) is 4.96. The second-order valence-corrected chi connectivity index (χ2v) is 6.10. The number of carbonyl (C=O) groups is 1. The minimum Gasteiger partial charge on any atom is -0.487 e. The first-order valence-electron chi connectivity index (χ1n) is 8.54. The number of carbonyl (C=O) groups excluding carboxylic acids is 1. The molecule has 1 unspecified atom stereocenters. The summed E-state index contributed by atoms with van der Waals surface area (Å²) in [5, 5.41) is 3.29. The topological polar surface area (TPSA) is 54.5 Å². The predicted octanol–water partition coefficient (Wildman–Crippen LogP) is 3.34. The Balaban J connectivity index is 0.00000182. The zero-order valence-corrected chi connectivity index (χ0v) is 16.8. The van der Waals surface area contributed by atoms with E-state index < -0.39 is 0 Å². The number of aromatic nitrogens is 1.